The fraction of sp³-hybridized carbons (Fsp3) is 0.318. The molecule has 4 heteroatoms. The van der Waals surface area contributed by atoms with Crippen molar-refractivity contribution in [3.63, 3.8) is 0 Å². The average Bonchev–Trinajstić information content (AvgIpc) is 2.62. The van der Waals surface area contributed by atoms with Gasteiger partial charge in [-0.25, -0.2) is 0 Å². The summed E-state index contributed by atoms with van der Waals surface area (Å²) < 4.78 is 10.8. The summed E-state index contributed by atoms with van der Waals surface area (Å²) in [7, 11) is 3.15. The molecule has 2 aromatic carbocycles. The molecule has 0 aliphatic carbocycles. The van der Waals surface area contributed by atoms with Gasteiger partial charge in [-0.3, -0.25) is 4.79 Å². The molecule has 2 rings (SSSR count). The first kappa shape index (κ1) is 19.6. The van der Waals surface area contributed by atoms with Crippen LogP contribution in [-0.2, 0) is 6.42 Å². The van der Waals surface area contributed by atoms with Crippen molar-refractivity contribution in [1.82, 2.24) is 0 Å². The summed E-state index contributed by atoms with van der Waals surface area (Å²) in [5.74, 6) is 1.30. The predicted octanol–water partition coefficient (Wildman–Crippen LogP) is 5.12. The zero-order chi connectivity index (χ0) is 19.3. The number of para-hydroxylation sites is 1. The Hall–Kier alpha value is -2.75. The van der Waals surface area contributed by atoms with E-state index in [4.69, 9.17) is 9.47 Å². The zero-order valence-electron chi connectivity index (χ0n) is 16.2. The van der Waals surface area contributed by atoms with E-state index in [1.165, 1.54) is 0 Å². The molecular formula is C22H27NO3. The fourth-order valence-electron chi connectivity index (χ4n) is 3.01. The number of hydrogen-bond acceptors (Lipinski definition) is 3. The molecule has 0 heterocycles. The third-order valence-corrected chi connectivity index (χ3v) is 4.35. The molecule has 0 bridgehead atoms. The van der Waals surface area contributed by atoms with Gasteiger partial charge in [-0.05, 0) is 42.5 Å². The Balaban J connectivity index is 2.45. The first-order chi connectivity index (χ1) is 12.4. The van der Waals surface area contributed by atoms with E-state index in [0.717, 1.165) is 22.4 Å². The van der Waals surface area contributed by atoms with Crippen molar-refractivity contribution in [3.05, 3.63) is 65.2 Å². The fourth-order valence-corrected chi connectivity index (χ4v) is 3.01. The van der Waals surface area contributed by atoms with Crippen molar-refractivity contribution >= 4 is 11.6 Å². The molecule has 1 N–H and O–H groups in total. The average molecular weight is 353 g/mol. The van der Waals surface area contributed by atoms with Gasteiger partial charge in [-0.2, -0.15) is 0 Å². The molecule has 0 fully saturated rings. The number of carbonyl (C=O) groups is 1. The van der Waals surface area contributed by atoms with Crippen LogP contribution in [0.25, 0.3) is 0 Å². The van der Waals surface area contributed by atoms with Crippen LogP contribution in [0.2, 0.25) is 0 Å². The molecule has 0 aliphatic heterocycles. The van der Waals surface area contributed by atoms with Gasteiger partial charge >= 0.3 is 0 Å². The highest BCUT2D eigenvalue weighted by molar-refractivity contribution is 6.05. The molecule has 1 amide bonds. The Bertz CT molecular complexity index is 809. The first-order valence-corrected chi connectivity index (χ1v) is 8.69. The van der Waals surface area contributed by atoms with E-state index in [0.29, 0.717) is 29.4 Å². The summed E-state index contributed by atoms with van der Waals surface area (Å²) in [5, 5.41) is 3.07. The highest BCUT2D eigenvalue weighted by Gasteiger charge is 2.18. The summed E-state index contributed by atoms with van der Waals surface area (Å²) in [6.45, 7) is 10.0. The summed E-state index contributed by atoms with van der Waals surface area (Å²) in [5.41, 5.74) is 4.41. The number of aryl methyl sites for hydroxylation is 1. The lowest BCUT2D eigenvalue weighted by Gasteiger charge is -2.18. The van der Waals surface area contributed by atoms with Gasteiger partial charge < -0.3 is 14.8 Å². The second-order valence-electron chi connectivity index (χ2n) is 6.51. The maximum absolute atomic E-state index is 12.9. The molecule has 0 spiro atoms. The Morgan fingerprint density at radius 1 is 1.23 bits per heavy atom. The van der Waals surface area contributed by atoms with E-state index in [1.54, 1.807) is 26.4 Å². The SMILES string of the molecule is C=CCc1cc(C(=O)Nc2c(C)cccc2C(C)C)cc(OC)c1OC. The number of allylic oxidation sites excluding steroid dienone is 1. The molecule has 0 atom stereocenters. The first-order valence-electron chi connectivity index (χ1n) is 8.69. The van der Waals surface area contributed by atoms with E-state index in [9.17, 15) is 4.79 Å². The highest BCUT2D eigenvalue weighted by Crippen LogP contribution is 2.34. The molecule has 138 valence electrons. The molecule has 0 saturated carbocycles. The number of amides is 1. The van der Waals surface area contributed by atoms with E-state index < -0.39 is 0 Å². The van der Waals surface area contributed by atoms with E-state index in [1.807, 2.05) is 31.2 Å². The van der Waals surface area contributed by atoms with E-state index in [2.05, 4.69) is 25.7 Å². The normalized spacial score (nSPS) is 10.5. The molecule has 0 aliphatic rings. The largest absolute Gasteiger partial charge is 0.493 e. The maximum Gasteiger partial charge on any atom is 0.255 e. The molecule has 2 aromatic rings. The van der Waals surface area contributed by atoms with E-state index >= 15 is 0 Å². The smallest absolute Gasteiger partial charge is 0.255 e. The molecule has 26 heavy (non-hydrogen) atoms. The second-order valence-corrected chi connectivity index (χ2v) is 6.51. The molecular weight excluding hydrogens is 326 g/mol. The zero-order valence-corrected chi connectivity index (χ0v) is 16.2. The van der Waals surface area contributed by atoms with Crippen molar-refractivity contribution < 1.29 is 14.3 Å². The lowest BCUT2D eigenvalue weighted by molar-refractivity contribution is 0.102. The van der Waals surface area contributed by atoms with Crippen LogP contribution in [0.4, 0.5) is 5.69 Å². The minimum Gasteiger partial charge on any atom is -0.493 e. The molecule has 0 saturated heterocycles. The predicted molar refractivity (Wildman–Crippen MR) is 107 cm³/mol. The third kappa shape index (κ3) is 4.07. The van der Waals surface area contributed by atoms with Crippen molar-refractivity contribution in [2.75, 3.05) is 19.5 Å². The van der Waals surface area contributed by atoms with Crippen LogP contribution in [-0.4, -0.2) is 20.1 Å². The van der Waals surface area contributed by atoms with Crippen LogP contribution in [0.1, 0.15) is 46.8 Å². The van der Waals surface area contributed by atoms with Crippen molar-refractivity contribution in [2.24, 2.45) is 0 Å². The maximum atomic E-state index is 12.9. The summed E-state index contributed by atoms with van der Waals surface area (Å²) in [6.07, 6.45) is 2.36. The van der Waals surface area contributed by atoms with Crippen LogP contribution < -0.4 is 14.8 Å². The van der Waals surface area contributed by atoms with Crippen LogP contribution in [0.5, 0.6) is 11.5 Å². The lowest BCUT2D eigenvalue weighted by Crippen LogP contribution is -2.15. The molecule has 0 aromatic heterocycles. The number of carbonyl (C=O) groups excluding carboxylic acids is 1. The number of benzene rings is 2. The van der Waals surface area contributed by atoms with Gasteiger partial charge in [-0.15, -0.1) is 6.58 Å². The Kier molecular flexibility index (Phi) is 6.45. The third-order valence-electron chi connectivity index (χ3n) is 4.35. The minimum absolute atomic E-state index is 0.174. The number of ether oxygens (including phenoxy) is 2. The second kappa shape index (κ2) is 8.56. The molecule has 0 unspecified atom stereocenters. The van der Waals surface area contributed by atoms with Gasteiger partial charge in [-0.1, -0.05) is 38.1 Å². The van der Waals surface area contributed by atoms with Crippen LogP contribution >= 0.6 is 0 Å². The van der Waals surface area contributed by atoms with Gasteiger partial charge in [0.15, 0.2) is 11.5 Å². The quantitative estimate of drug-likeness (QED) is 0.703. The Labute approximate surface area is 155 Å². The van der Waals surface area contributed by atoms with Crippen LogP contribution in [0, 0.1) is 6.92 Å². The Morgan fingerprint density at radius 3 is 2.54 bits per heavy atom. The summed E-state index contributed by atoms with van der Waals surface area (Å²) >= 11 is 0. The van der Waals surface area contributed by atoms with Crippen LogP contribution in [0.15, 0.2) is 43.0 Å². The number of methoxy groups -OCH3 is 2. The summed E-state index contributed by atoms with van der Waals surface area (Å²) in [4.78, 5) is 12.9. The van der Waals surface area contributed by atoms with Crippen molar-refractivity contribution in [1.29, 1.82) is 0 Å². The van der Waals surface area contributed by atoms with Crippen LogP contribution in [0.3, 0.4) is 0 Å². The van der Waals surface area contributed by atoms with Gasteiger partial charge in [0, 0.05) is 16.8 Å². The van der Waals surface area contributed by atoms with Gasteiger partial charge in [0.2, 0.25) is 0 Å². The number of rotatable bonds is 7. The highest BCUT2D eigenvalue weighted by atomic mass is 16.5. The van der Waals surface area contributed by atoms with Crippen molar-refractivity contribution in [2.45, 2.75) is 33.1 Å². The monoisotopic (exact) mass is 353 g/mol. The van der Waals surface area contributed by atoms with Gasteiger partial charge in [0.1, 0.15) is 0 Å². The standard InChI is InChI=1S/C22H27NO3/c1-7-9-16-12-17(13-19(25-5)21(16)26-6)22(24)23-20-15(4)10-8-11-18(20)14(2)3/h7-8,10-14H,1,9H2,2-6H3,(H,23,24). The van der Waals surface area contributed by atoms with Gasteiger partial charge in [0.05, 0.1) is 14.2 Å². The Morgan fingerprint density at radius 2 is 1.96 bits per heavy atom. The van der Waals surface area contributed by atoms with Gasteiger partial charge in [0.25, 0.3) is 5.91 Å². The number of nitrogens with one attached hydrogen (secondary N) is 1. The minimum atomic E-state index is -0.174. The topological polar surface area (TPSA) is 47.6 Å². The molecule has 0 radical (unpaired) electrons. The number of hydrogen-bond donors (Lipinski definition) is 1. The van der Waals surface area contributed by atoms with E-state index in [-0.39, 0.29) is 5.91 Å². The lowest BCUT2D eigenvalue weighted by atomic mass is 9.97. The number of anilines is 1. The van der Waals surface area contributed by atoms with Crippen molar-refractivity contribution in [3.8, 4) is 11.5 Å². The molecule has 4 nitrogen and oxygen atoms in total. The summed E-state index contributed by atoms with van der Waals surface area (Å²) in [6, 6.07) is 9.59.